The Morgan fingerprint density at radius 2 is 1.89 bits per heavy atom. The summed E-state index contributed by atoms with van der Waals surface area (Å²) in [7, 11) is -3.04. The second-order valence-corrected chi connectivity index (χ2v) is 5.55. The van der Waals surface area contributed by atoms with Gasteiger partial charge >= 0.3 is 0 Å². The lowest BCUT2D eigenvalue weighted by Crippen LogP contribution is -2.14. The first kappa shape index (κ1) is 7.63. The van der Waals surface area contributed by atoms with Gasteiger partial charge in [-0.1, -0.05) is 0 Å². The molecule has 0 amide bonds. The maximum Gasteiger partial charge on any atom is 0.168 e. The molecule has 2 nitrogen and oxygen atoms in total. The molecule has 0 spiro atoms. The van der Waals surface area contributed by atoms with E-state index in [1.165, 1.54) is 0 Å². The summed E-state index contributed by atoms with van der Waals surface area (Å²) in [6.07, 6.45) is 0.484. The summed E-state index contributed by atoms with van der Waals surface area (Å²) in [5.74, 6) is 0.134. The molecule has 0 aliphatic carbocycles. The minimum absolute atomic E-state index is 0.134. The SMILES string of the molecule is O=S1(=O)CC[C@@H](Cl)[C@H]1Cl. The van der Waals surface area contributed by atoms with Gasteiger partial charge in [0.25, 0.3) is 0 Å². The van der Waals surface area contributed by atoms with Crippen LogP contribution >= 0.6 is 23.2 Å². The van der Waals surface area contributed by atoms with Crippen molar-refractivity contribution in [2.45, 2.75) is 16.5 Å². The van der Waals surface area contributed by atoms with Crippen molar-refractivity contribution in [1.82, 2.24) is 0 Å². The van der Waals surface area contributed by atoms with Crippen LogP contribution in [0.3, 0.4) is 0 Å². The van der Waals surface area contributed by atoms with Crippen molar-refractivity contribution in [3.05, 3.63) is 0 Å². The van der Waals surface area contributed by atoms with Crippen molar-refractivity contribution < 1.29 is 8.42 Å². The average Bonchev–Trinajstić information content (AvgIpc) is 1.97. The van der Waals surface area contributed by atoms with E-state index in [2.05, 4.69) is 0 Å². The summed E-state index contributed by atoms with van der Waals surface area (Å²) in [6, 6.07) is 0. The third-order valence-electron chi connectivity index (χ3n) is 1.31. The molecule has 0 aromatic carbocycles. The molecule has 5 heteroatoms. The Morgan fingerprint density at radius 3 is 2.00 bits per heavy atom. The molecule has 1 saturated heterocycles. The van der Waals surface area contributed by atoms with Crippen molar-refractivity contribution in [2.24, 2.45) is 0 Å². The molecule has 0 aromatic heterocycles. The zero-order valence-corrected chi connectivity index (χ0v) is 6.88. The average molecular weight is 189 g/mol. The first-order valence-corrected chi connectivity index (χ1v) is 5.12. The Hall–Kier alpha value is 0.530. The van der Waals surface area contributed by atoms with E-state index in [1.54, 1.807) is 0 Å². The smallest absolute Gasteiger partial charge is 0.168 e. The molecule has 0 saturated carbocycles. The quantitative estimate of drug-likeness (QED) is 0.532. The first-order chi connectivity index (χ1) is 4.04. The second kappa shape index (κ2) is 2.29. The van der Waals surface area contributed by atoms with Crippen LogP contribution in [-0.2, 0) is 9.84 Å². The summed E-state index contributed by atoms with van der Waals surface area (Å²) in [5.41, 5.74) is 0. The normalized spacial score (nSPS) is 41.1. The van der Waals surface area contributed by atoms with Gasteiger partial charge < -0.3 is 0 Å². The maximum absolute atomic E-state index is 10.8. The fourth-order valence-electron chi connectivity index (χ4n) is 0.745. The van der Waals surface area contributed by atoms with E-state index >= 15 is 0 Å². The van der Waals surface area contributed by atoms with Crippen molar-refractivity contribution in [3.8, 4) is 0 Å². The molecule has 9 heavy (non-hydrogen) atoms. The summed E-state index contributed by atoms with van der Waals surface area (Å²) < 4.78 is 20.6. The van der Waals surface area contributed by atoms with Gasteiger partial charge in [0.15, 0.2) is 14.5 Å². The Morgan fingerprint density at radius 1 is 1.33 bits per heavy atom. The fourth-order valence-corrected chi connectivity index (χ4v) is 3.24. The maximum atomic E-state index is 10.8. The zero-order valence-electron chi connectivity index (χ0n) is 4.55. The topological polar surface area (TPSA) is 34.1 Å². The predicted octanol–water partition coefficient (Wildman–Crippen LogP) is 0.977. The van der Waals surface area contributed by atoms with Gasteiger partial charge in [-0.25, -0.2) is 8.42 Å². The standard InChI is InChI=1S/C4H6Cl2O2S/c5-3-1-2-9(7,8)4(3)6/h3-4H,1-2H2/t3-,4+/m1/s1. The third-order valence-corrected chi connectivity index (χ3v) is 4.99. The van der Waals surface area contributed by atoms with Gasteiger partial charge in [0, 0.05) is 0 Å². The number of alkyl halides is 2. The molecule has 0 bridgehead atoms. The second-order valence-electron chi connectivity index (χ2n) is 2.02. The Balaban J connectivity index is 2.87. The van der Waals surface area contributed by atoms with Crippen molar-refractivity contribution in [1.29, 1.82) is 0 Å². The van der Waals surface area contributed by atoms with Crippen molar-refractivity contribution in [2.75, 3.05) is 5.75 Å². The minimum Gasteiger partial charge on any atom is -0.227 e. The highest BCUT2D eigenvalue weighted by Gasteiger charge is 2.37. The molecule has 54 valence electrons. The molecule has 0 N–H and O–H groups in total. The van der Waals surface area contributed by atoms with Crippen LogP contribution in [-0.4, -0.2) is 24.3 Å². The molecule has 0 radical (unpaired) electrons. The van der Waals surface area contributed by atoms with E-state index in [4.69, 9.17) is 23.2 Å². The molecule has 0 aromatic rings. The van der Waals surface area contributed by atoms with E-state index in [0.29, 0.717) is 6.42 Å². The van der Waals surface area contributed by atoms with Crippen LogP contribution in [0, 0.1) is 0 Å². The van der Waals surface area contributed by atoms with Crippen LogP contribution in [0.1, 0.15) is 6.42 Å². The Bertz CT molecular complexity index is 199. The number of halogens is 2. The number of sulfone groups is 1. The van der Waals surface area contributed by atoms with E-state index in [9.17, 15) is 8.42 Å². The molecule has 1 fully saturated rings. The van der Waals surface area contributed by atoms with E-state index in [0.717, 1.165) is 0 Å². The van der Waals surface area contributed by atoms with Crippen LogP contribution in [0.4, 0.5) is 0 Å². The van der Waals surface area contributed by atoms with Gasteiger partial charge in [-0.2, -0.15) is 0 Å². The van der Waals surface area contributed by atoms with Crippen molar-refractivity contribution in [3.63, 3.8) is 0 Å². The summed E-state index contributed by atoms with van der Waals surface area (Å²) in [4.78, 5) is 0. The van der Waals surface area contributed by atoms with Gasteiger partial charge in [0.05, 0.1) is 11.1 Å². The van der Waals surface area contributed by atoms with E-state index in [-0.39, 0.29) is 5.75 Å². The number of rotatable bonds is 0. The molecule has 1 heterocycles. The van der Waals surface area contributed by atoms with Gasteiger partial charge in [-0.3, -0.25) is 0 Å². The van der Waals surface area contributed by atoms with Crippen LogP contribution < -0.4 is 0 Å². The van der Waals surface area contributed by atoms with Crippen LogP contribution in [0.2, 0.25) is 0 Å². The highest BCUT2D eigenvalue weighted by atomic mass is 35.5. The monoisotopic (exact) mass is 188 g/mol. The highest BCUT2D eigenvalue weighted by Crippen LogP contribution is 2.27. The summed E-state index contributed by atoms with van der Waals surface area (Å²) >= 11 is 11.0. The van der Waals surface area contributed by atoms with Crippen LogP contribution in [0.25, 0.3) is 0 Å². The lowest BCUT2D eigenvalue weighted by Gasteiger charge is -2.00. The molecular formula is C4H6Cl2O2S. The highest BCUT2D eigenvalue weighted by molar-refractivity contribution is 7.93. The number of hydrogen-bond donors (Lipinski definition) is 0. The first-order valence-electron chi connectivity index (χ1n) is 2.54. The van der Waals surface area contributed by atoms with Crippen molar-refractivity contribution >= 4 is 33.0 Å². The lowest BCUT2D eigenvalue weighted by molar-refractivity contribution is 0.600. The third kappa shape index (κ3) is 1.33. The summed E-state index contributed by atoms with van der Waals surface area (Å²) in [6.45, 7) is 0. The van der Waals surface area contributed by atoms with E-state index in [1.807, 2.05) is 0 Å². The Labute approximate surface area is 64.1 Å². The minimum atomic E-state index is -3.04. The largest absolute Gasteiger partial charge is 0.227 e. The molecule has 1 aliphatic rings. The van der Waals surface area contributed by atoms with Gasteiger partial charge in [-0.05, 0) is 6.42 Å². The van der Waals surface area contributed by atoms with Gasteiger partial charge in [-0.15, -0.1) is 23.2 Å². The van der Waals surface area contributed by atoms with Crippen LogP contribution in [0.15, 0.2) is 0 Å². The number of hydrogen-bond acceptors (Lipinski definition) is 2. The van der Waals surface area contributed by atoms with Crippen LogP contribution in [0.5, 0.6) is 0 Å². The van der Waals surface area contributed by atoms with Gasteiger partial charge in [0.1, 0.15) is 0 Å². The summed E-state index contributed by atoms with van der Waals surface area (Å²) in [5, 5.41) is -0.392. The molecule has 1 aliphatic heterocycles. The predicted molar refractivity (Wildman–Crippen MR) is 37.7 cm³/mol. The fraction of sp³-hybridized carbons (Fsp3) is 1.00. The lowest BCUT2D eigenvalue weighted by atomic mass is 10.4. The molecular weight excluding hydrogens is 183 g/mol. The molecule has 2 atom stereocenters. The molecule has 0 unspecified atom stereocenters. The van der Waals surface area contributed by atoms with Gasteiger partial charge in [0.2, 0.25) is 0 Å². The Kier molecular flexibility index (Phi) is 1.94. The zero-order chi connectivity index (χ0) is 7.07. The molecule has 1 rings (SSSR count). The van der Waals surface area contributed by atoms with E-state index < -0.39 is 19.9 Å².